The van der Waals surface area contributed by atoms with E-state index in [1.807, 2.05) is 0 Å². The van der Waals surface area contributed by atoms with Crippen molar-refractivity contribution in [2.45, 2.75) is 6.92 Å². The SMILES string of the molecule is COc1cccc(NC(=O)C2CN(C(=O)c3cc(C)on3)C2)c1. The maximum Gasteiger partial charge on any atom is 0.276 e. The van der Waals surface area contributed by atoms with Gasteiger partial charge in [0, 0.05) is 30.9 Å². The van der Waals surface area contributed by atoms with Crippen molar-refractivity contribution in [2.75, 3.05) is 25.5 Å². The first-order valence-corrected chi connectivity index (χ1v) is 7.24. The molecule has 0 spiro atoms. The standard InChI is InChI=1S/C16H17N3O4/c1-10-6-14(18-23-10)16(21)19-8-11(9-19)15(20)17-12-4-3-5-13(7-12)22-2/h3-7,11H,8-9H2,1-2H3,(H,17,20). The van der Waals surface area contributed by atoms with E-state index in [2.05, 4.69) is 10.5 Å². The molecule has 1 N–H and O–H groups in total. The number of nitrogens with one attached hydrogen (secondary N) is 1. The normalized spacial score (nSPS) is 14.3. The van der Waals surface area contributed by atoms with Crippen molar-refractivity contribution in [3.63, 3.8) is 0 Å². The van der Waals surface area contributed by atoms with Crippen LogP contribution in [0.15, 0.2) is 34.9 Å². The van der Waals surface area contributed by atoms with Gasteiger partial charge in [-0.15, -0.1) is 0 Å². The summed E-state index contributed by atoms with van der Waals surface area (Å²) in [7, 11) is 1.57. The highest BCUT2D eigenvalue weighted by molar-refractivity contribution is 5.97. The molecular weight excluding hydrogens is 298 g/mol. The van der Waals surface area contributed by atoms with Gasteiger partial charge in [-0.05, 0) is 19.1 Å². The van der Waals surface area contributed by atoms with Crippen molar-refractivity contribution in [3.8, 4) is 5.75 Å². The number of methoxy groups -OCH3 is 1. The first kappa shape index (κ1) is 15.1. The smallest absolute Gasteiger partial charge is 0.276 e. The number of ether oxygens (including phenoxy) is 1. The molecule has 1 aliphatic rings. The lowest BCUT2D eigenvalue weighted by Gasteiger charge is -2.37. The number of rotatable bonds is 4. The fourth-order valence-corrected chi connectivity index (χ4v) is 2.38. The Labute approximate surface area is 133 Å². The third kappa shape index (κ3) is 3.18. The highest BCUT2D eigenvalue weighted by atomic mass is 16.5. The molecule has 0 unspecified atom stereocenters. The average molecular weight is 315 g/mol. The monoisotopic (exact) mass is 315 g/mol. The number of aryl methyl sites for hydroxylation is 1. The van der Waals surface area contributed by atoms with Crippen LogP contribution in [0.2, 0.25) is 0 Å². The summed E-state index contributed by atoms with van der Waals surface area (Å²) in [4.78, 5) is 25.9. The van der Waals surface area contributed by atoms with E-state index in [-0.39, 0.29) is 23.4 Å². The molecule has 0 saturated carbocycles. The number of nitrogens with zero attached hydrogens (tertiary/aromatic N) is 2. The topological polar surface area (TPSA) is 84.7 Å². The van der Waals surface area contributed by atoms with E-state index in [0.717, 1.165) is 0 Å². The molecule has 7 nitrogen and oxygen atoms in total. The van der Waals surface area contributed by atoms with Gasteiger partial charge < -0.3 is 19.5 Å². The number of carbonyl (C=O) groups excluding carboxylic acids is 2. The summed E-state index contributed by atoms with van der Waals surface area (Å²) in [6.07, 6.45) is 0. The maximum atomic E-state index is 12.2. The van der Waals surface area contributed by atoms with Gasteiger partial charge in [0.05, 0.1) is 13.0 Å². The Balaban J connectivity index is 1.54. The van der Waals surface area contributed by atoms with Crippen LogP contribution in [0.25, 0.3) is 0 Å². The second-order valence-corrected chi connectivity index (χ2v) is 5.45. The second-order valence-electron chi connectivity index (χ2n) is 5.45. The first-order chi connectivity index (χ1) is 11.1. The van der Waals surface area contributed by atoms with Gasteiger partial charge in [0.1, 0.15) is 11.5 Å². The van der Waals surface area contributed by atoms with Gasteiger partial charge in [-0.3, -0.25) is 9.59 Å². The third-order valence-electron chi connectivity index (χ3n) is 3.72. The van der Waals surface area contributed by atoms with E-state index in [4.69, 9.17) is 9.26 Å². The number of hydrogen-bond acceptors (Lipinski definition) is 5. The number of carbonyl (C=O) groups is 2. The molecule has 7 heteroatoms. The van der Waals surface area contributed by atoms with Crippen LogP contribution in [-0.2, 0) is 4.79 Å². The van der Waals surface area contributed by atoms with Crippen LogP contribution >= 0.6 is 0 Å². The number of aromatic nitrogens is 1. The average Bonchev–Trinajstić information content (AvgIpc) is 2.92. The van der Waals surface area contributed by atoms with Crippen LogP contribution in [0.3, 0.4) is 0 Å². The van der Waals surface area contributed by atoms with Crippen molar-refractivity contribution >= 4 is 17.5 Å². The number of amides is 2. The van der Waals surface area contributed by atoms with E-state index < -0.39 is 0 Å². The van der Waals surface area contributed by atoms with Crippen LogP contribution < -0.4 is 10.1 Å². The van der Waals surface area contributed by atoms with Crippen molar-refractivity contribution in [2.24, 2.45) is 5.92 Å². The lowest BCUT2D eigenvalue weighted by molar-refractivity contribution is -0.123. The maximum absolute atomic E-state index is 12.2. The van der Waals surface area contributed by atoms with Crippen LogP contribution in [-0.4, -0.2) is 42.1 Å². The molecule has 1 saturated heterocycles. The zero-order valence-electron chi connectivity index (χ0n) is 12.9. The molecule has 0 radical (unpaired) electrons. The van der Waals surface area contributed by atoms with Crippen molar-refractivity contribution in [3.05, 3.63) is 41.8 Å². The molecule has 0 atom stereocenters. The molecule has 2 heterocycles. The zero-order chi connectivity index (χ0) is 16.4. The molecule has 1 aromatic carbocycles. The summed E-state index contributed by atoms with van der Waals surface area (Å²) < 4.78 is 10.0. The second kappa shape index (κ2) is 6.12. The lowest BCUT2D eigenvalue weighted by atomic mass is 9.98. The molecule has 1 aromatic heterocycles. The summed E-state index contributed by atoms with van der Waals surface area (Å²) in [5.41, 5.74) is 0.945. The highest BCUT2D eigenvalue weighted by Gasteiger charge is 2.37. The largest absolute Gasteiger partial charge is 0.497 e. The number of hydrogen-bond donors (Lipinski definition) is 1. The Morgan fingerprint density at radius 3 is 2.78 bits per heavy atom. The van der Waals surface area contributed by atoms with E-state index in [1.54, 1.807) is 49.3 Å². The predicted molar refractivity (Wildman–Crippen MR) is 82.3 cm³/mol. The van der Waals surface area contributed by atoms with E-state index in [9.17, 15) is 9.59 Å². The highest BCUT2D eigenvalue weighted by Crippen LogP contribution is 2.22. The predicted octanol–water partition coefficient (Wildman–Crippen LogP) is 1.70. The Morgan fingerprint density at radius 1 is 1.35 bits per heavy atom. The van der Waals surface area contributed by atoms with E-state index >= 15 is 0 Å². The van der Waals surface area contributed by atoms with Crippen molar-refractivity contribution < 1.29 is 18.8 Å². The summed E-state index contributed by atoms with van der Waals surface area (Å²) in [6, 6.07) is 8.74. The summed E-state index contributed by atoms with van der Waals surface area (Å²) in [5.74, 6) is 0.708. The van der Waals surface area contributed by atoms with Gasteiger partial charge >= 0.3 is 0 Å². The molecule has 2 aromatic rings. The Morgan fingerprint density at radius 2 is 2.13 bits per heavy atom. The minimum Gasteiger partial charge on any atom is -0.497 e. The molecule has 1 aliphatic heterocycles. The first-order valence-electron chi connectivity index (χ1n) is 7.24. The van der Waals surface area contributed by atoms with Gasteiger partial charge in [-0.2, -0.15) is 0 Å². The number of benzene rings is 1. The van der Waals surface area contributed by atoms with Crippen LogP contribution in [0.1, 0.15) is 16.2 Å². The number of anilines is 1. The van der Waals surface area contributed by atoms with Crippen LogP contribution in [0, 0.1) is 12.8 Å². The van der Waals surface area contributed by atoms with Crippen LogP contribution in [0.4, 0.5) is 5.69 Å². The summed E-state index contributed by atoms with van der Waals surface area (Å²) in [5, 5.41) is 6.53. The van der Waals surface area contributed by atoms with Gasteiger partial charge in [-0.25, -0.2) is 0 Å². The minimum atomic E-state index is -0.224. The van der Waals surface area contributed by atoms with Crippen LogP contribution in [0.5, 0.6) is 5.75 Å². The van der Waals surface area contributed by atoms with Crippen molar-refractivity contribution in [1.29, 1.82) is 0 Å². The quantitative estimate of drug-likeness (QED) is 0.928. The molecule has 120 valence electrons. The minimum absolute atomic E-state index is 0.112. The molecular formula is C16H17N3O4. The molecule has 1 fully saturated rings. The van der Waals surface area contributed by atoms with Gasteiger partial charge in [0.2, 0.25) is 5.91 Å². The van der Waals surface area contributed by atoms with Gasteiger partial charge in [0.25, 0.3) is 5.91 Å². The number of likely N-dealkylation sites (tertiary alicyclic amines) is 1. The molecule has 0 bridgehead atoms. The molecule has 23 heavy (non-hydrogen) atoms. The Bertz CT molecular complexity index is 734. The third-order valence-corrected chi connectivity index (χ3v) is 3.72. The summed E-state index contributed by atoms with van der Waals surface area (Å²) >= 11 is 0. The summed E-state index contributed by atoms with van der Waals surface area (Å²) in [6.45, 7) is 2.48. The van der Waals surface area contributed by atoms with Gasteiger partial charge in [-0.1, -0.05) is 11.2 Å². The Kier molecular flexibility index (Phi) is 4.01. The van der Waals surface area contributed by atoms with E-state index in [1.165, 1.54) is 0 Å². The Hall–Kier alpha value is -2.83. The molecule has 3 rings (SSSR count). The zero-order valence-corrected chi connectivity index (χ0v) is 12.9. The lowest BCUT2D eigenvalue weighted by Crippen LogP contribution is -2.54. The van der Waals surface area contributed by atoms with Crippen molar-refractivity contribution in [1.82, 2.24) is 10.1 Å². The van der Waals surface area contributed by atoms with Gasteiger partial charge in [0.15, 0.2) is 5.69 Å². The molecule has 0 aliphatic carbocycles. The van der Waals surface area contributed by atoms with E-state index in [0.29, 0.717) is 30.3 Å². The fraction of sp³-hybridized carbons (Fsp3) is 0.312. The molecule has 2 amide bonds. The fourth-order valence-electron chi connectivity index (χ4n) is 2.38.